The summed E-state index contributed by atoms with van der Waals surface area (Å²) in [6, 6.07) is 8.26. The fourth-order valence-corrected chi connectivity index (χ4v) is 2.14. The number of aryl methyl sites for hydroxylation is 1. The quantitative estimate of drug-likeness (QED) is 0.829. The predicted octanol–water partition coefficient (Wildman–Crippen LogP) is 2.03. The van der Waals surface area contributed by atoms with Gasteiger partial charge in [-0.15, -0.1) is 0 Å². The number of nitrogens with zero attached hydrogens (tertiary/aromatic N) is 2. The fraction of sp³-hybridized carbons (Fsp3) is 0.417. The first-order chi connectivity index (χ1) is 7.24. The molecule has 0 saturated heterocycles. The molecule has 0 fully saturated rings. The summed E-state index contributed by atoms with van der Waals surface area (Å²) in [5.74, 6) is 0.465. The van der Waals surface area contributed by atoms with E-state index in [9.17, 15) is 0 Å². The van der Waals surface area contributed by atoms with Crippen LogP contribution < -0.4 is 5.73 Å². The highest BCUT2D eigenvalue weighted by atomic mass is 15.3. The van der Waals surface area contributed by atoms with Gasteiger partial charge in [-0.1, -0.05) is 25.1 Å². The van der Waals surface area contributed by atoms with E-state index >= 15 is 0 Å². The summed E-state index contributed by atoms with van der Waals surface area (Å²) >= 11 is 0. The maximum Gasteiger partial charge on any atom is 0.0926 e. The van der Waals surface area contributed by atoms with Crippen molar-refractivity contribution in [1.82, 2.24) is 9.78 Å². The van der Waals surface area contributed by atoms with Crippen LogP contribution in [0.4, 0.5) is 0 Å². The van der Waals surface area contributed by atoms with Crippen molar-refractivity contribution in [3.8, 4) is 0 Å². The van der Waals surface area contributed by atoms with Crippen molar-refractivity contribution in [3.63, 3.8) is 0 Å². The van der Waals surface area contributed by atoms with E-state index in [2.05, 4.69) is 24.2 Å². The van der Waals surface area contributed by atoms with Crippen molar-refractivity contribution >= 4 is 10.9 Å². The number of benzene rings is 1. The zero-order chi connectivity index (χ0) is 10.8. The second kappa shape index (κ2) is 4.03. The number of nitrogens with two attached hydrogens (primary N) is 1. The van der Waals surface area contributed by atoms with Gasteiger partial charge in [0, 0.05) is 18.1 Å². The number of hydrogen-bond donors (Lipinski definition) is 1. The van der Waals surface area contributed by atoms with E-state index in [0.29, 0.717) is 5.92 Å². The standard InChI is InChI=1S/C12H17N3/c1-9(7-8-13)12-10-5-3-4-6-11(10)14-15(12)2/h3-6,9H,7-8,13H2,1-2H3. The van der Waals surface area contributed by atoms with Crippen LogP contribution in [0.1, 0.15) is 25.0 Å². The van der Waals surface area contributed by atoms with E-state index in [1.807, 2.05) is 23.9 Å². The largest absolute Gasteiger partial charge is 0.330 e. The van der Waals surface area contributed by atoms with Gasteiger partial charge in [0.1, 0.15) is 0 Å². The monoisotopic (exact) mass is 203 g/mol. The maximum absolute atomic E-state index is 5.60. The second-order valence-corrected chi connectivity index (χ2v) is 4.00. The molecule has 80 valence electrons. The minimum absolute atomic E-state index is 0.465. The Hall–Kier alpha value is -1.35. The molecule has 15 heavy (non-hydrogen) atoms. The summed E-state index contributed by atoms with van der Waals surface area (Å²) in [6.07, 6.45) is 1.00. The summed E-state index contributed by atoms with van der Waals surface area (Å²) in [4.78, 5) is 0. The van der Waals surface area contributed by atoms with Gasteiger partial charge in [0.2, 0.25) is 0 Å². The fourth-order valence-electron chi connectivity index (χ4n) is 2.14. The molecule has 0 bridgehead atoms. The highest BCUT2D eigenvalue weighted by Crippen LogP contribution is 2.26. The highest BCUT2D eigenvalue weighted by molar-refractivity contribution is 5.81. The first kappa shape index (κ1) is 10.2. The van der Waals surface area contributed by atoms with Gasteiger partial charge in [0.15, 0.2) is 0 Å². The molecule has 0 aliphatic rings. The molecule has 3 heteroatoms. The van der Waals surface area contributed by atoms with Gasteiger partial charge in [0.25, 0.3) is 0 Å². The van der Waals surface area contributed by atoms with Crippen LogP contribution in [-0.2, 0) is 7.05 Å². The van der Waals surface area contributed by atoms with Crippen molar-refractivity contribution < 1.29 is 0 Å². The van der Waals surface area contributed by atoms with Crippen molar-refractivity contribution in [2.24, 2.45) is 12.8 Å². The minimum Gasteiger partial charge on any atom is -0.330 e. The molecule has 2 rings (SSSR count). The lowest BCUT2D eigenvalue weighted by Gasteiger charge is -2.10. The van der Waals surface area contributed by atoms with Crippen LogP contribution in [0.3, 0.4) is 0 Å². The summed E-state index contributed by atoms with van der Waals surface area (Å²) in [7, 11) is 2.00. The molecule has 0 spiro atoms. The van der Waals surface area contributed by atoms with Gasteiger partial charge in [-0.2, -0.15) is 5.10 Å². The third kappa shape index (κ3) is 1.75. The topological polar surface area (TPSA) is 43.8 Å². The van der Waals surface area contributed by atoms with Crippen LogP contribution in [0.5, 0.6) is 0 Å². The van der Waals surface area contributed by atoms with Crippen LogP contribution in [0.2, 0.25) is 0 Å². The molecule has 0 aliphatic heterocycles. The third-order valence-electron chi connectivity index (χ3n) is 2.85. The molecule has 1 heterocycles. The number of aromatic nitrogens is 2. The molecular formula is C12H17N3. The molecule has 2 aromatic rings. The van der Waals surface area contributed by atoms with E-state index < -0.39 is 0 Å². The Morgan fingerprint density at radius 1 is 1.40 bits per heavy atom. The van der Waals surface area contributed by atoms with Crippen molar-refractivity contribution in [1.29, 1.82) is 0 Å². The zero-order valence-electron chi connectivity index (χ0n) is 9.27. The van der Waals surface area contributed by atoms with Gasteiger partial charge < -0.3 is 5.73 Å². The summed E-state index contributed by atoms with van der Waals surface area (Å²) in [6.45, 7) is 2.93. The molecule has 1 atom stereocenters. The van der Waals surface area contributed by atoms with E-state index in [4.69, 9.17) is 5.73 Å². The SMILES string of the molecule is CC(CCN)c1c2ccccc2nn1C. The lowest BCUT2D eigenvalue weighted by atomic mass is 10.0. The Bertz CT molecular complexity index is 459. The average Bonchev–Trinajstić information content (AvgIpc) is 2.54. The maximum atomic E-state index is 5.60. The predicted molar refractivity (Wildman–Crippen MR) is 62.8 cm³/mol. The van der Waals surface area contributed by atoms with Crippen LogP contribution in [0.15, 0.2) is 24.3 Å². The van der Waals surface area contributed by atoms with Crippen LogP contribution in [0, 0.1) is 0 Å². The summed E-state index contributed by atoms with van der Waals surface area (Å²) in [5.41, 5.74) is 7.96. The van der Waals surface area contributed by atoms with Gasteiger partial charge in [-0.05, 0) is 24.9 Å². The Morgan fingerprint density at radius 3 is 2.87 bits per heavy atom. The Kier molecular flexibility index (Phi) is 2.73. The van der Waals surface area contributed by atoms with Crippen molar-refractivity contribution in [2.75, 3.05) is 6.54 Å². The van der Waals surface area contributed by atoms with Crippen molar-refractivity contribution in [2.45, 2.75) is 19.3 Å². The van der Waals surface area contributed by atoms with E-state index in [-0.39, 0.29) is 0 Å². The first-order valence-electron chi connectivity index (χ1n) is 5.35. The molecular weight excluding hydrogens is 186 g/mol. The van der Waals surface area contributed by atoms with Gasteiger partial charge >= 0.3 is 0 Å². The normalized spacial score (nSPS) is 13.3. The lowest BCUT2D eigenvalue weighted by molar-refractivity contribution is 0.613. The van der Waals surface area contributed by atoms with Gasteiger partial charge in [0.05, 0.1) is 5.52 Å². The number of hydrogen-bond acceptors (Lipinski definition) is 2. The average molecular weight is 203 g/mol. The summed E-state index contributed by atoms with van der Waals surface area (Å²) < 4.78 is 1.98. The van der Waals surface area contributed by atoms with Gasteiger partial charge in [-0.25, -0.2) is 0 Å². The van der Waals surface area contributed by atoms with Gasteiger partial charge in [-0.3, -0.25) is 4.68 Å². The Balaban J connectivity index is 2.53. The van der Waals surface area contributed by atoms with Crippen LogP contribution in [0.25, 0.3) is 10.9 Å². The molecule has 0 radical (unpaired) electrons. The minimum atomic E-state index is 0.465. The Morgan fingerprint density at radius 2 is 2.13 bits per heavy atom. The molecule has 1 aromatic heterocycles. The number of rotatable bonds is 3. The van der Waals surface area contributed by atoms with Crippen LogP contribution >= 0.6 is 0 Å². The third-order valence-corrected chi connectivity index (χ3v) is 2.85. The van der Waals surface area contributed by atoms with Crippen molar-refractivity contribution in [3.05, 3.63) is 30.0 Å². The molecule has 0 amide bonds. The van der Waals surface area contributed by atoms with Crippen LogP contribution in [-0.4, -0.2) is 16.3 Å². The molecule has 0 aliphatic carbocycles. The zero-order valence-corrected chi connectivity index (χ0v) is 9.27. The molecule has 1 aromatic carbocycles. The Labute approximate surface area is 89.9 Å². The van der Waals surface area contributed by atoms with E-state index in [1.54, 1.807) is 0 Å². The summed E-state index contributed by atoms with van der Waals surface area (Å²) in [5, 5.41) is 5.74. The van der Waals surface area contributed by atoms with E-state index in [1.165, 1.54) is 11.1 Å². The highest BCUT2D eigenvalue weighted by Gasteiger charge is 2.14. The molecule has 3 nitrogen and oxygen atoms in total. The lowest BCUT2D eigenvalue weighted by Crippen LogP contribution is -2.08. The molecule has 2 N–H and O–H groups in total. The smallest absolute Gasteiger partial charge is 0.0926 e. The van der Waals surface area contributed by atoms with E-state index in [0.717, 1.165) is 18.5 Å². The molecule has 0 saturated carbocycles. The number of fused-ring (bicyclic) bond motifs is 1. The second-order valence-electron chi connectivity index (χ2n) is 4.00. The first-order valence-corrected chi connectivity index (χ1v) is 5.35. The molecule has 1 unspecified atom stereocenters.